The van der Waals surface area contributed by atoms with Crippen LogP contribution in [-0.2, 0) is 13.1 Å². The molecular formula is C22H16BrFN2O3S. The topological polar surface area (TPSA) is 52.5 Å². The number of halogens is 2. The van der Waals surface area contributed by atoms with Crippen LogP contribution in [0.15, 0.2) is 58.4 Å². The lowest BCUT2D eigenvalue weighted by Crippen LogP contribution is -2.25. The molecule has 1 aliphatic rings. The zero-order valence-corrected chi connectivity index (χ0v) is 18.1. The van der Waals surface area contributed by atoms with E-state index in [1.54, 1.807) is 17.4 Å². The Labute approximate surface area is 184 Å². The average molecular weight is 487 g/mol. The van der Waals surface area contributed by atoms with Crippen LogP contribution in [0.1, 0.15) is 21.6 Å². The zero-order chi connectivity index (χ0) is 20.7. The third kappa shape index (κ3) is 3.57. The Bertz CT molecular complexity index is 1270. The molecule has 0 spiro atoms. The van der Waals surface area contributed by atoms with Crippen LogP contribution in [0, 0.1) is 5.82 Å². The number of ether oxygens (including phenoxy) is 2. The average Bonchev–Trinajstić information content (AvgIpc) is 3.43. The molecule has 1 amide bonds. The van der Waals surface area contributed by atoms with Gasteiger partial charge in [-0.15, -0.1) is 11.3 Å². The number of hydrogen-bond donors (Lipinski definition) is 1. The number of carbonyl (C=O) groups is 1. The fourth-order valence-corrected chi connectivity index (χ4v) is 5.22. The first kappa shape index (κ1) is 19.1. The zero-order valence-electron chi connectivity index (χ0n) is 15.7. The largest absolute Gasteiger partial charge is 0.454 e. The number of aromatic nitrogens is 1. The minimum atomic E-state index is -0.297. The molecule has 30 heavy (non-hydrogen) atoms. The van der Waals surface area contributed by atoms with Crippen molar-refractivity contribution in [3.63, 3.8) is 0 Å². The molecule has 1 aliphatic heterocycles. The smallest absolute Gasteiger partial charge is 0.268 e. The first-order valence-electron chi connectivity index (χ1n) is 9.26. The van der Waals surface area contributed by atoms with Crippen molar-refractivity contribution in [2.45, 2.75) is 13.1 Å². The minimum absolute atomic E-state index is 0.195. The van der Waals surface area contributed by atoms with Gasteiger partial charge in [-0.3, -0.25) is 4.79 Å². The summed E-state index contributed by atoms with van der Waals surface area (Å²) in [4.78, 5) is 13.0. The summed E-state index contributed by atoms with van der Waals surface area (Å²) in [7, 11) is 0. The molecule has 5 rings (SSSR count). The lowest BCUT2D eigenvalue weighted by atomic mass is 10.2. The van der Waals surface area contributed by atoms with Gasteiger partial charge in [-0.25, -0.2) is 4.39 Å². The monoisotopic (exact) mass is 486 g/mol. The molecule has 0 radical (unpaired) electrons. The Morgan fingerprint density at radius 3 is 2.87 bits per heavy atom. The second kappa shape index (κ2) is 7.77. The number of nitrogens with zero attached hydrogens (tertiary/aromatic N) is 1. The van der Waals surface area contributed by atoms with E-state index < -0.39 is 0 Å². The van der Waals surface area contributed by atoms with E-state index in [0.29, 0.717) is 30.3 Å². The molecule has 8 heteroatoms. The van der Waals surface area contributed by atoms with E-state index in [-0.39, 0.29) is 18.5 Å². The molecular weight excluding hydrogens is 471 g/mol. The number of amides is 1. The van der Waals surface area contributed by atoms with Crippen molar-refractivity contribution in [2.75, 3.05) is 6.79 Å². The van der Waals surface area contributed by atoms with Crippen LogP contribution < -0.4 is 14.8 Å². The van der Waals surface area contributed by atoms with Gasteiger partial charge in [0.15, 0.2) is 11.5 Å². The van der Waals surface area contributed by atoms with Crippen LogP contribution in [0.4, 0.5) is 4.39 Å². The maximum atomic E-state index is 13.7. The lowest BCUT2D eigenvalue weighted by Gasteiger charge is -2.12. The highest BCUT2D eigenvalue weighted by atomic mass is 79.9. The van der Waals surface area contributed by atoms with Gasteiger partial charge >= 0.3 is 0 Å². The fourth-order valence-electron chi connectivity index (χ4n) is 3.53. The summed E-state index contributed by atoms with van der Waals surface area (Å²) in [6.07, 6.45) is 0. The van der Waals surface area contributed by atoms with Gasteiger partial charge in [0.05, 0.1) is 14.7 Å². The van der Waals surface area contributed by atoms with E-state index in [2.05, 4.69) is 21.2 Å². The van der Waals surface area contributed by atoms with Gasteiger partial charge in [-0.05, 0) is 57.4 Å². The Kier molecular flexibility index (Phi) is 4.96. The fraction of sp³-hybridized carbons (Fsp3) is 0.136. The molecule has 152 valence electrons. The van der Waals surface area contributed by atoms with Crippen molar-refractivity contribution in [2.24, 2.45) is 0 Å². The molecule has 0 atom stereocenters. The number of nitrogens with one attached hydrogen (secondary N) is 1. The standard InChI is InChI=1S/C22H16BrFN2O3S/c23-16-11-30-20-8-17(26(21(16)20)10-14-2-1-3-15(24)6-14)22(27)25-9-13-4-5-18-19(7-13)29-12-28-18/h1-8,11H,9-10,12H2,(H,25,27). The molecule has 0 unspecified atom stereocenters. The second-order valence-corrected chi connectivity index (χ2v) is 8.68. The number of benzene rings is 2. The summed E-state index contributed by atoms with van der Waals surface area (Å²) in [5.74, 6) is 0.897. The van der Waals surface area contributed by atoms with Crippen LogP contribution in [0.3, 0.4) is 0 Å². The van der Waals surface area contributed by atoms with Crippen molar-refractivity contribution in [3.8, 4) is 11.5 Å². The predicted octanol–water partition coefficient (Wildman–Crippen LogP) is 5.31. The highest BCUT2D eigenvalue weighted by Crippen LogP contribution is 2.34. The number of hydrogen-bond acceptors (Lipinski definition) is 4. The van der Waals surface area contributed by atoms with Gasteiger partial charge in [0, 0.05) is 18.5 Å². The first-order valence-corrected chi connectivity index (χ1v) is 10.9. The van der Waals surface area contributed by atoms with Crippen molar-refractivity contribution in [3.05, 3.63) is 81.0 Å². The van der Waals surface area contributed by atoms with Gasteiger partial charge in [-0.1, -0.05) is 18.2 Å². The van der Waals surface area contributed by atoms with Gasteiger partial charge in [0.25, 0.3) is 5.91 Å². The summed E-state index contributed by atoms with van der Waals surface area (Å²) in [5.41, 5.74) is 3.16. The molecule has 0 bridgehead atoms. The Morgan fingerprint density at radius 2 is 2.00 bits per heavy atom. The third-order valence-electron chi connectivity index (χ3n) is 4.93. The molecule has 3 heterocycles. The van der Waals surface area contributed by atoms with Crippen LogP contribution in [0.5, 0.6) is 11.5 Å². The molecule has 2 aromatic heterocycles. The van der Waals surface area contributed by atoms with Crippen molar-refractivity contribution < 1.29 is 18.7 Å². The third-order valence-corrected chi connectivity index (χ3v) is 6.76. The predicted molar refractivity (Wildman–Crippen MR) is 117 cm³/mol. The van der Waals surface area contributed by atoms with E-state index in [4.69, 9.17) is 9.47 Å². The van der Waals surface area contributed by atoms with Crippen molar-refractivity contribution in [1.29, 1.82) is 0 Å². The number of thiophene rings is 1. The maximum Gasteiger partial charge on any atom is 0.268 e. The summed E-state index contributed by atoms with van der Waals surface area (Å²) in [6.45, 7) is 0.961. The minimum Gasteiger partial charge on any atom is -0.454 e. The van der Waals surface area contributed by atoms with Gasteiger partial charge in [-0.2, -0.15) is 0 Å². The van der Waals surface area contributed by atoms with Crippen LogP contribution >= 0.6 is 27.3 Å². The number of fused-ring (bicyclic) bond motifs is 2. The first-order chi connectivity index (χ1) is 14.6. The summed E-state index contributed by atoms with van der Waals surface area (Å²) in [5, 5.41) is 4.96. The van der Waals surface area contributed by atoms with Crippen LogP contribution in [-0.4, -0.2) is 17.3 Å². The van der Waals surface area contributed by atoms with E-state index in [9.17, 15) is 9.18 Å². The molecule has 0 saturated carbocycles. The highest BCUT2D eigenvalue weighted by Gasteiger charge is 2.20. The molecule has 0 fully saturated rings. The van der Waals surface area contributed by atoms with Gasteiger partial charge < -0.3 is 19.4 Å². The molecule has 5 nitrogen and oxygen atoms in total. The Balaban J connectivity index is 1.42. The van der Waals surface area contributed by atoms with E-state index in [0.717, 1.165) is 25.8 Å². The van der Waals surface area contributed by atoms with Crippen LogP contribution in [0.25, 0.3) is 10.2 Å². The SMILES string of the molecule is O=C(NCc1ccc2c(c1)OCO2)c1cc2scc(Br)c2n1Cc1cccc(F)c1. The van der Waals surface area contributed by atoms with Gasteiger partial charge in [0.2, 0.25) is 6.79 Å². The van der Waals surface area contributed by atoms with Crippen molar-refractivity contribution >= 4 is 43.4 Å². The number of carbonyl (C=O) groups excluding carboxylic acids is 1. The van der Waals surface area contributed by atoms with Crippen molar-refractivity contribution in [1.82, 2.24) is 9.88 Å². The number of rotatable bonds is 5. The maximum absolute atomic E-state index is 13.7. The molecule has 4 aromatic rings. The molecule has 0 saturated heterocycles. The molecule has 2 aromatic carbocycles. The lowest BCUT2D eigenvalue weighted by molar-refractivity contribution is 0.0942. The van der Waals surface area contributed by atoms with Crippen LogP contribution in [0.2, 0.25) is 0 Å². The molecule has 0 aliphatic carbocycles. The summed E-state index contributed by atoms with van der Waals surface area (Å²) >= 11 is 5.13. The van der Waals surface area contributed by atoms with E-state index in [1.807, 2.05) is 40.3 Å². The quantitative estimate of drug-likeness (QED) is 0.415. The van der Waals surface area contributed by atoms with Gasteiger partial charge in [0.1, 0.15) is 11.5 Å². The Morgan fingerprint density at radius 1 is 1.13 bits per heavy atom. The Hall–Kier alpha value is -2.84. The van der Waals surface area contributed by atoms with E-state index in [1.165, 1.54) is 12.1 Å². The summed E-state index contributed by atoms with van der Waals surface area (Å²) in [6, 6.07) is 13.9. The second-order valence-electron chi connectivity index (χ2n) is 6.91. The normalized spacial score (nSPS) is 12.5. The van der Waals surface area contributed by atoms with E-state index >= 15 is 0 Å². The molecule has 1 N–H and O–H groups in total. The summed E-state index contributed by atoms with van der Waals surface area (Å²) < 4.78 is 28.2. The highest BCUT2D eigenvalue weighted by molar-refractivity contribution is 9.10.